The molecule has 6 nitrogen and oxygen atoms in total. The molecule has 0 amide bonds. The van der Waals surface area contributed by atoms with Crippen molar-refractivity contribution >= 4 is 27.3 Å². The van der Waals surface area contributed by atoms with Crippen LogP contribution in [0.25, 0.3) is 0 Å². The van der Waals surface area contributed by atoms with Crippen LogP contribution >= 0.6 is 11.6 Å². The molecule has 114 valence electrons. The summed E-state index contributed by atoms with van der Waals surface area (Å²) in [6.45, 7) is 1.50. The number of rotatable bonds is 5. The van der Waals surface area contributed by atoms with Crippen LogP contribution in [0.4, 0.5) is 5.69 Å². The number of aryl methyl sites for hydroxylation is 1. The molecule has 0 saturated carbocycles. The van der Waals surface area contributed by atoms with E-state index in [-0.39, 0.29) is 11.5 Å². The lowest BCUT2D eigenvalue weighted by molar-refractivity contribution is 0.277. The normalized spacial score (nSPS) is 11.4. The van der Waals surface area contributed by atoms with Crippen LogP contribution in [-0.2, 0) is 16.6 Å². The number of anilines is 1. The zero-order valence-corrected chi connectivity index (χ0v) is 13.0. The minimum atomic E-state index is -3.78. The van der Waals surface area contributed by atoms with Gasteiger partial charge in [0.1, 0.15) is 10.6 Å². The molecular weight excluding hydrogens is 316 g/mol. The second kappa shape index (κ2) is 5.97. The highest BCUT2D eigenvalue weighted by molar-refractivity contribution is 7.92. The van der Waals surface area contributed by atoms with Gasteiger partial charge in [0.15, 0.2) is 0 Å². The van der Waals surface area contributed by atoms with Gasteiger partial charge in [-0.15, -0.1) is 0 Å². The summed E-state index contributed by atoms with van der Waals surface area (Å²) in [6, 6.07) is 4.50. The Bertz CT molecular complexity index is 756. The van der Waals surface area contributed by atoms with Crippen molar-refractivity contribution in [2.75, 3.05) is 11.8 Å². The lowest BCUT2D eigenvalue weighted by Gasteiger charge is -2.12. The Morgan fingerprint density at radius 3 is 2.67 bits per heavy atom. The molecule has 21 heavy (non-hydrogen) atoms. The van der Waals surface area contributed by atoms with E-state index < -0.39 is 10.0 Å². The van der Waals surface area contributed by atoms with E-state index in [1.54, 1.807) is 19.1 Å². The molecule has 0 atom stereocenters. The van der Waals surface area contributed by atoms with Gasteiger partial charge in [0, 0.05) is 23.0 Å². The fraction of sp³-hybridized carbons (Fsp3) is 0.231. The fourth-order valence-electron chi connectivity index (χ4n) is 1.78. The highest BCUT2D eigenvalue weighted by Crippen LogP contribution is 2.32. The number of aromatic amines is 1. The van der Waals surface area contributed by atoms with E-state index in [9.17, 15) is 8.42 Å². The number of methoxy groups -OCH3 is 1. The van der Waals surface area contributed by atoms with Gasteiger partial charge in [-0.3, -0.25) is 4.72 Å². The summed E-state index contributed by atoms with van der Waals surface area (Å²) in [7, 11) is -2.35. The number of H-pyrrole nitrogens is 1. The number of benzene rings is 1. The number of hydrogen-bond donors (Lipinski definition) is 3. The molecule has 2 aromatic rings. The maximum Gasteiger partial charge on any atom is 0.263 e. The van der Waals surface area contributed by atoms with E-state index in [1.165, 1.54) is 19.4 Å². The van der Waals surface area contributed by atoms with E-state index in [4.69, 9.17) is 21.4 Å². The van der Waals surface area contributed by atoms with Crippen LogP contribution in [0.15, 0.2) is 29.3 Å². The van der Waals surface area contributed by atoms with Crippen LogP contribution in [-0.4, -0.2) is 25.6 Å². The molecule has 0 bridgehead atoms. The number of sulfonamides is 1. The number of aliphatic hydroxyl groups excluding tert-OH is 1. The van der Waals surface area contributed by atoms with Crippen LogP contribution in [0, 0.1) is 6.92 Å². The van der Waals surface area contributed by atoms with Gasteiger partial charge in [0.25, 0.3) is 10.0 Å². The Labute approximate surface area is 127 Å². The summed E-state index contributed by atoms with van der Waals surface area (Å²) in [4.78, 5) is 2.70. The highest BCUT2D eigenvalue weighted by Gasteiger charge is 2.19. The maximum absolute atomic E-state index is 12.3. The molecule has 1 aromatic carbocycles. The van der Waals surface area contributed by atoms with Gasteiger partial charge in [-0.2, -0.15) is 0 Å². The van der Waals surface area contributed by atoms with Crippen LogP contribution < -0.4 is 9.46 Å². The number of aliphatic hydroxyl groups is 1. The molecule has 0 radical (unpaired) electrons. The van der Waals surface area contributed by atoms with Crippen LogP contribution in [0.3, 0.4) is 0 Å². The zero-order chi connectivity index (χ0) is 15.6. The molecule has 8 heteroatoms. The summed E-state index contributed by atoms with van der Waals surface area (Å²) in [5.74, 6) is 0.326. The molecule has 0 spiro atoms. The molecule has 1 heterocycles. The second-order valence-corrected chi connectivity index (χ2v) is 6.52. The van der Waals surface area contributed by atoms with Crippen molar-refractivity contribution < 1.29 is 18.3 Å². The summed E-state index contributed by atoms with van der Waals surface area (Å²) >= 11 is 5.98. The van der Waals surface area contributed by atoms with Crippen molar-refractivity contribution in [1.29, 1.82) is 0 Å². The molecule has 2 rings (SSSR count). The minimum absolute atomic E-state index is 0.0289. The van der Waals surface area contributed by atoms with Gasteiger partial charge in [0.05, 0.1) is 19.4 Å². The van der Waals surface area contributed by atoms with Gasteiger partial charge < -0.3 is 14.8 Å². The molecule has 0 unspecified atom stereocenters. The SMILES string of the molecule is COc1cc(Cl)c(C)cc1NS(=O)(=O)c1c[nH]c(CO)c1. The average Bonchev–Trinajstić information content (AvgIpc) is 2.92. The molecule has 0 aliphatic heterocycles. The maximum atomic E-state index is 12.3. The Hall–Kier alpha value is -1.70. The lowest BCUT2D eigenvalue weighted by Crippen LogP contribution is -2.13. The number of hydrogen-bond acceptors (Lipinski definition) is 4. The van der Waals surface area contributed by atoms with Gasteiger partial charge in [-0.05, 0) is 24.6 Å². The average molecular weight is 331 g/mol. The molecule has 0 aliphatic rings. The molecular formula is C13H15ClN2O4S. The van der Waals surface area contributed by atoms with Gasteiger partial charge in [-0.1, -0.05) is 11.6 Å². The van der Waals surface area contributed by atoms with Crippen molar-refractivity contribution in [2.45, 2.75) is 18.4 Å². The molecule has 0 saturated heterocycles. The predicted octanol–water partition coefficient (Wildman–Crippen LogP) is 2.28. The summed E-state index contributed by atoms with van der Waals surface area (Å²) in [6.07, 6.45) is 1.31. The zero-order valence-electron chi connectivity index (χ0n) is 11.5. The fourth-order valence-corrected chi connectivity index (χ4v) is 3.01. The van der Waals surface area contributed by atoms with E-state index in [1.807, 2.05) is 0 Å². The molecule has 3 N–H and O–H groups in total. The van der Waals surface area contributed by atoms with E-state index >= 15 is 0 Å². The van der Waals surface area contributed by atoms with Gasteiger partial charge in [-0.25, -0.2) is 8.42 Å². The Kier molecular flexibility index (Phi) is 4.46. The van der Waals surface area contributed by atoms with Crippen molar-refractivity contribution in [3.8, 4) is 5.75 Å². The minimum Gasteiger partial charge on any atom is -0.495 e. The third-order valence-electron chi connectivity index (χ3n) is 2.92. The second-order valence-electron chi connectivity index (χ2n) is 4.43. The van der Waals surface area contributed by atoms with E-state index in [2.05, 4.69) is 9.71 Å². The first-order valence-electron chi connectivity index (χ1n) is 6.02. The van der Waals surface area contributed by atoms with Crippen LogP contribution in [0.5, 0.6) is 5.75 Å². The Balaban J connectivity index is 2.38. The number of ether oxygens (including phenoxy) is 1. The third kappa shape index (κ3) is 3.31. The highest BCUT2D eigenvalue weighted by atomic mass is 35.5. The molecule has 0 aliphatic carbocycles. The first kappa shape index (κ1) is 15.7. The quantitative estimate of drug-likeness (QED) is 0.784. The van der Waals surface area contributed by atoms with Gasteiger partial charge in [0.2, 0.25) is 0 Å². The molecule has 0 fully saturated rings. The Morgan fingerprint density at radius 2 is 2.10 bits per heavy atom. The topological polar surface area (TPSA) is 91.4 Å². The first-order chi connectivity index (χ1) is 9.87. The number of aromatic nitrogens is 1. The summed E-state index contributed by atoms with van der Waals surface area (Å²) < 4.78 is 32.2. The van der Waals surface area contributed by atoms with Gasteiger partial charge >= 0.3 is 0 Å². The number of halogens is 1. The van der Waals surface area contributed by atoms with Crippen molar-refractivity contribution in [3.63, 3.8) is 0 Å². The standard InChI is InChI=1S/C13H15ClN2O4S/c1-8-3-12(13(20-2)5-11(8)14)16-21(18,19)10-4-9(7-17)15-6-10/h3-6,15-17H,7H2,1-2H3. The van der Waals surface area contributed by atoms with Crippen molar-refractivity contribution in [3.05, 3.63) is 40.7 Å². The van der Waals surface area contributed by atoms with Crippen molar-refractivity contribution in [2.24, 2.45) is 0 Å². The van der Waals surface area contributed by atoms with Crippen LogP contribution in [0.2, 0.25) is 5.02 Å². The Morgan fingerprint density at radius 1 is 1.38 bits per heavy atom. The van der Waals surface area contributed by atoms with Crippen LogP contribution in [0.1, 0.15) is 11.3 Å². The summed E-state index contributed by atoms with van der Waals surface area (Å²) in [5, 5.41) is 9.46. The smallest absolute Gasteiger partial charge is 0.263 e. The van der Waals surface area contributed by atoms with E-state index in [0.29, 0.717) is 22.2 Å². The lowest BCUT2D eigenvalue weighted by atomic mass is 10.2. The first-order valence-corrected chi connectivity index (χ1v) is 7.88. The van der Waals surface area contributed by atoms with E-state index in [0.717, 1.165) is 5.56 Å². The number of nitrogens with one attached hydrogen (secondary N) is 2. The monoisotopic (exact) mass is 330 g/mol. The van der Waals surface area contributed by atoms with Crippen molar-refractivity contribution in [1.82, 2.24) is 4.98 Å². The predicted molar refractivity (Wildman–Crippen MR) is 80.3 cm³/mol. The third-order valence-corrected chi connectivity index (χ3v) is 4.67. The largest absolute Gasteiger partial charge is 0.495 e. The summed E-state index contributed by atoms with van der Waals surface area (Å²) in [5.41, 5.74) is 1.43. The molecule has 1 aromatic heterocycles.